The molecule has 0 bridgehead atoms. The molecule has 1 fully saturated rings. The largest absolute Gasteiger partial charge is 0.371 e. The number of likely N-dealkylation sites (tertiary alicyclic amines) is 1. The lowest BCUT2D eigenvalue weighted by Crippen LogP contribution is -2.36. The lowest BCUT2D eigenvalue weighted by Gasteiger charge is -2.21. The van der Waals surface area contributed by atoms with Crippen LogP contribution < -0.4 is 15.6 Å². The third kappa shape index (κ3) is 4.40. The van der Waals surface area contributed by atoms with Crippen molar-refractivity contribution in [3.05, 3.63) is 51.3 Å². The van der Waals surface area contributed by atoms with Crippen LogP contribution in [0.15, 0.2) is 29.7 Å². The predicted octanol–water partition coefficient (Wildman–Crippen LogP) is 4.26. The van der Waals surface area contributed by atoms with Gasteiger partial charge in [0, 0.05) is 26.2 Å². The van der Waals surface area contributed by atoms with E-state index in [9.17, 15) is 9.59 Å². The van der Waals surface area contributed by atoms with Crippen LogP contribution in [-0.4, -0.2) is 59.5 Å². The fourth-order valence-electron chi connectivity index (χ4n) is 4.66. The van der Waals surface area contributed by atoms with Gasteiger partial charge in [-0.3, -0.25) is 14.0 Å². The molecule has 34 heavy (non-hydrogen) atoms. The van der Waals surface area contributed by atoms with Crippen molar-refractivity contribution >= 4 is 50.9 Å². The zero-order chi connectivity index (χ0) is 24.2. The van der Waals surface area contributed by atoms with Gasteiger partial charge in [-0.05, 0) is 64.9 Å². The minimum Gasteiger partial charge on any atom is -0.371 e. The monoisotopic (exact) mass is 479 g/mol. The molecule has 3 aromatic heterocycles. The topological polar surface area (TPSA) is 70.0 Å². The number of fused-ring (bicyclic) bond motifs is 3. The highest BCUT2D eigenvalue weighted by Gasteiger charge is 2.24. The van der Waals surface area contributed by atoms with Crippen LogP contribution in [0.25, 0.3) is 28.0 Å². The van der Waals surface area contributed by atoms with E-state index in [1.807, 2.05) is 35.7 Å². The number of anilines is 1. The number of hydrogen-bond acceptors (Lipinski definition) is 6. The molecular weight excluding hydrogens is 446 g/mol. The Labute approximate surface area is 204 Å². The van der Waals surface area contributed by atoms with Gasteiger partial charge in [0.2, 0.25) is 5.43 Å². The van der Waals surface area contributed by atoms with Crippen LogP contribution in [0.1, 0.15) is 54.5 Å². The fraction of sp³-hybridized carbons (Fsp3) is 0.423. The van der Waals surface area contributed by atoms with E-state index in [-0.39, 0.29) is 16.9 Å². The number of amides is 1. The van der Waals surface area contributed by atoms with E-state index >= 15 is 0 Å². The standard InChI is InChI=1S/C26H33N5O2S/c1-5-11-20-21(6-2)34-26-22(25(33)27-12-15-29-13-9-10-14-29)23(32)19-16-18(30(7-3)8-4)17-28-24(19)31(20)26/h5-6,11,16-17H,2,7-10,12-15H2,1,3-4H3,(H,27,33)/b11-5-. The fourth-order valence-corrected chi connectivity index (χ4v) is 5.78. The molecule has 1 aliphatic rings. The Morgan fingerprint density at radius 2 is 2.03 bits per heavy atom. The molecule has 0 aromatic carbocycles. The first-order valence-corrected chi connectivity index (χ1v) is 12.9. The van der Waals surface area contributed by atoms with E-state index in [1.165, 1.54) is 24.2 Å². The Morgan fingerprint density at radius 1 is 1.29 bits per heavy atom. The summed E-state index contributed by atoms with van der Waals surface area (Å²) >= 11 is 1.40. The van der Waals surface area contributed by atoms with E-state index in [1.54, 1.807) is 6.08 Å². The number of nitrogens with one attached hydrogen (secondary N) is 1. The van der Waals surface area contributed by atoms with Gasteiger partial charge in [0.25, 0.3) is 5.91 Å². The second kappa shape index (κ2) is 10.5. The number of thiazole rings is 1. The average Bonchev–Trinajstić information content (AvgIpc) is 3.48. The van der Waals surface area contributed by atoms with Gasteiger partial charge >= 0.3 is 0 Å². The first-order valence-electron chi connectivity index (χ1n) is 12.1. The molecule has 0 spiro atoms. The zero-order valence-electron chi connectivity index (χ0n) is 20.3. The Morgan fingerprint density at radius 3 is 2.68 bits per heavy atom. The molecule has 0 saturated carbocycles. The Hall–Kier alpha value is -2.97. The maximum Gasteiger partial charge on any atom is 0.258 e. The van der Waals surface area contributed by atoms with Crippen molar-refractivity contribution in [3.8, 4) is 0 Å². The minimum absolute atomic E-state index is 0.177. The summed E-state index contributed by atoms with van der Waals surface area (Å²) in [6, 6.07) is 1.87. The highest BCUT2D eigenvalue weighted by Crippen LogP contribution is 2.31. The average molecular weight is 480 g/mol. The predicted molar refractivity (Wildman–Crippen MR) is 143 cm³/mol. The van der Waals surface area contributed by atoms with E-state index in [4.69, 9.17) is 4.98 Å². The van der Waals surface area contributed by atoms with E-state index in [2.05, 4.69) is 35.5 Å². The maximum atomic E-state index is 13.7. The van der Waals surface area contributed by atoms with E-state index in [0.29, 0.717) is 22.4 Å². The van der Waals surface area contributed by atoms with Crippen molar-refractivity contribution < 1.29 is 4.79 Å². The molecule has 1 saturated heterocycles. The van der Waals surface area contributed by atoms with Gasteiger partial charge in [0.15, 0.2) is 0 Å². The molecule has 0 unspecified atom stereocenters. The van der Waals surface area contributed by atoms with Gasteiger partial charge in [-0.15, -0.1) is 11.3 Å². The normalized spacial score (nSPS) is 14.4. The Balaban J connectivity index is 1.89. The smallest absolute Gasteiger partial charge is 0.258 e. The van der Waals surface area contributed by atoms with Gasteiger partial charge in [0.1, 0.15) is 16.0 Å². The molecule has 0 aliphatic carbocycles. The number of carbonyl (C=O) groups is 1. The summed E-state index contributed by atoms with van der Waals surface area (Å²) in [4.78, 5) is 37.8. The second-order valence-corrected chi connectivity index (χ2v) is 9.47. The molecule has 8 heteroatoms. The van der Waals surface area contributed by atoms with Gasteiger partial charge in [0.05, 0.1) is 27.8 Å². The molecule has 180 valence electrons. The van der Waals surface area contributed by atoms with Crippen LogP contribution >= 0.6 is 11.3 Å². The second-order valence-electron chi connectivity index (χ2n) is 8.44. The first-order chi connectivity index (χ1) is 16.5. The number of allylic oxidation sites excluding steroid dienone is 1. The SMILES string of the molecule is C=Cc1sc2c(C(=O)NCCN3CCCC3)c(=O)c3cc(N(CC)CC)cnc3n2c1/C=C\C. The molecule has 1 N–H and O–H groups in total. The number of aromatic nitrogens is 2. The summed E-state index contributed by atoms with van der Waals surface area (Å²) < 4.78 is 1.93. The van der Waals surface area contributed by atoms with Crippen molar-refractivity contribution in [1.82, 2.24) is 19.6 Å². The van der Waals surface area contributed by atoms with Crippen LogP contribution in [0.5, 0.6) is 0 Å². The number of carbonyl (C=O) groups excluding carboxylic acids is 1. The summed E-state index contributed by atoms with van der Waals surface area (Å²) in [5.41, 5.74) is 2.20. The Bertz CT molecular complexity index is 1300. The van der Waals surface area contributed by atoms with E-state index < -0.39 is 0 Å². The molecule has 7 nitrogen and oxygen atoms in total. The molecular formula is C26H33N5O2S. The number of nitrogens with zero attached hydrogens (tertiary/aromatic N) is 4. The van der Waals surface area contributed by atoms with Crippen LogP contribution in [-0.2, 0) is 0 Å². The van der Waals surface area contributed by atoms with Crippen LogP contribution in [0.2, 0.25) is 0 Å². The maximum absolute atomic E-state index is 13.7. The summed E-state index contributed by atoms with van der Waals surface area (Å²) in [7, 11) is 0. The van der Waals surface area contributed by atoms with Crippen molar-refractivity contribution in [2.24, 2.45) is 0 Å². The molecule has 4 heterocycles. The number of pyridine rings is 2. The molecule has 1 aliphatic heterocycles. The van der Waals surface area contributed by atoms with Crippen molar-refractivity contribution in [2.75, 3.05) is 44.2 Å². The molecule has 3 aromatic rings. The van der Waals surface area contributed by atoms with Gasteiger partial charge in [-0.1, -0.05) is 12.7 Å². The lowest BCUT2D eigenvalue weighted by molar-refractivity contribution is 0.0950. The minimum atomic E-state index is -0.333. The summed E-state index contributed by atoms with van der Waals surface area (Å²) in [6.07, 6.45) is 9.90. The van der Waals surface area contributed by atoms with E-state index in [0.717, 1.165) is 49.0 Å². The highest BCUT2D eigenvalue weighted by molar-refractivity contribution is 7.19. The van der Waals surface area contributed by atoms with Crippen LogP contribution in [0, 0.1) is 0 Å². The van der Waals surface area contributed by atoms with Gasteiger partial charge < -0.3 is 15.1 Å². The highest BCUT2D eigenvalue weighted by atomic mass is 32.1. The quantitative estimate of drug-likeness (QED) is 0.497. The summed E-state index contributed by atoms with van der Waals surface area (Å²) in [5, 5.41) is 3.45. The first kappa shape index (κ1) is 24.2. The summed E-state index contributed by atoms with van der Waals surface area (Å²) in [6.45, 7) is 15.1. The lowest BCUT2D eigenvalue weighted by atomic mass is 10.1. The van der Waals surface area contributed by atoms with Crippen molar-refractivity contribution in [2.45, 2.75) is 33.6 Å². The third-order valence-electron chi connectivity index (χ3n) is 6.43. The molecule has 4 rings (SSSR count). The number of rotatable bonds is 9. The van der Waals surface area contributed by atoms with Gasteiger partial charge in [-0.2, -0.15) is 0 Å². The Kier molecular flexibility index (Phi) is 7.48. The van der Waals surface area contributed by atoms with Crippen LogP contribution in [0.4, 0.5) is 5.69 Å². The van der Waals surface area contributed by atoms with Crippen molar-refractivity contribution in [1.29, 1.82) is 0 Å². The number of hydrogen-bond donors (Lipinski definition) is 1. The molecule has 1 amide bonds. The van der Waals surface area contributed by atoms with Crippen molar-refractivity contribution in [3.63, 3.8) is 0 Å². The van der Waals surface area contributed by atoms with Gasteiger partial charge in [-0.25, -0.2) is 4.98 Å². The van der Waals surface area contributed by atoms with Crippen LogP contribution in [0.3, 0.4) is 0 Å². The molecule has 0 radical (unpaired) electrons. The third-order valence-corrected chi connectivity index (χ3v) is 7.61. The zero-order valence-corrected chi connectivity index (χ0v) is 21.1. The summed E-state index contributed by atoms with van der Waals surface area (Å²) in [5.74, 6) is -0.333. The molecule has 0 atom stereocenters.